The zero-order valence-electron chi connectivity index (χ0n) is 10.2. The Morgan fingerprint density at radius 3 is 2.89 bits per heavy atom. The lowest BCUT2D eigenvalue weighted by atomic mass is 10.1. The normalized spacial score (nSPS) is 8.89. The lowest BCUT2D eigenvalue weighted by Gasteiger charge is -1.98. The Kier molecular flexibility index (Phi) is 5.08. The molecule has 0 unspecified atom stereocenters. The molecule has 7 heteroatoms. The highest BCUT2D eigenvalue weighted by Gasteiger charge is 2.14. The maximum atomic E-state index is 11.2. The SMILES string of the molecule is CC(=O)c1ccc(C#CCCN=[N+]=[N-])c([N+](=O)[O-])c1. The van der Waals surface area contributed by atoms with E-state index >= 15 is 0 Å². The number of benzene rings is 1. The van der Waals surface area contributed by atoms with Crippen molar-refractivity contribution < 1.29 is 9.72 Å². The van der Waals surface area contributed by atoms with E-state index in [0.29, 0.717) is 6.42 Å². The Hall–Kier alpha value is -2.84. The van der Waals surface area contributed by atoms with Crippen LogP contribution in [0.15, 0.2) is 23.3 Å². The van der Waals surface area contributed by atoms with Gasteiger partial charge in [0.1, 0.15) is 5.56 Å². The van der Waals surface area contributed by atoms with Crippen molar-refractivity contribution in [2.45, 2.75) is 13.3 Å². The van der Waals surface area contributed by atoms with E-state index in [1.165, 1.54) is 25.1 Å². The molecule has 19 heavy (non-hydrogen) atoms. The van der Waals surface area contributed by atoms with Crippen LogP contribution in [0.3, 0.4) is 0 Å². The van der Waals surface area contributed by atoms with Crippen LogP contribution in [0.4, 0.5) is 5.69 Å². The number of ketones is 1. The van der Waals surface area contributed by atoms with Gasteiger partial charge in [-0.25, -0.2) is 0 Å². The van der Waals surface area contributed by atoms with Crippen molar-refractivity contribution in [1.82, 2.24) is 0 Å². The summed E-state index contributed by atoms with van der Waals surface area (Å²) in [7, 11) is 0. The van der Waals surface area contributed by atoms with E-state index in [4.69, 9.17) is 5.53 Å². The van der Waals surface area contributed by atoms with Crippen molar-refractivity contribution in [3.63, 3.8) is 0 Å². The van der Waals surface area contributed by atoms with Crippen LogP contribution in [0.1, 0.15) is 29.3 Å². The standard InChI is InChI=1S/C12H10N4O3/c1-9(17)11-6-5-10(12(8-11)16(18)19)4-2-3-7-14-15-13/h5-6,8H,3,7H2,1H3. The van der Waals surface area contributed by atoms with Gasteiger partial charge >= 0.3 is 0 Å². The van der Waals surface area contributed by atoms with Gasteiger partial charge in [-0.1, -0.05) is 17.0 Å². The average Bonchev–Trinajstić information content (AvgIpc) is 2.38. The molecule has 0 spiro atoms. The molecule has 0 saturated carbocycles. The molecule has 0 atom stereocenters. The molecule has 7 nitrogen and oxygen atoms in total. The first-order valence-electron chi connectivity index (χ1n) is 5.35. The van der Waals surface area contributed by atoms with E-state index < -0.39 is 4.92 Å². The van der Waals surface area contributed by atoms with Gasteiger partial charge in [0.25, 0.3) is 5.69 Å². The van der Waals surface area contributed by atoms with E-state index in [-0.39, 0.29) is 29.1 Å². The number of hydrogen-bond acceptors (Lipinski definition) is 4. The van der Waals surface area contributed by atoms with Crippen molar-refractivity contribution in [2.24, 2.45) is 5.11 Å². The third-order valence-electron chi connectivity index (χ3n) is 2.22. The van der Waals surface area contributed by atoms with Gasteiger partial charge in [0, 0.05) is 29.5 Å². The summed E-state index contributed by atoms with van der Waals surface area (Å²) < 4.78 is 0. The monoisotopic (exact) mass is 258 g/mol. The second kappa shape index (κ2) is 6.79. The lowest BCUT2D eigenvalue weighted by Crippen LogP contribution is -1.97. The van der Waals surface area contributed by atoms with Gasteiger partial charge in [-0.15, -0.1) is 0 Å². The fraction of sp³-hybridized carbons (Fsp3) is 0.250. The third kappa shape index (κ3) is 4.15. The molecule has 0 N–H and O–H groups in total. The van der Waals surface area contributed by atoms with Crippen LogP contribution in [0.5, 0.6) is 0 Å². The molecule has 0 heterocycles. The molecular formula is C12H10N4O3. The predicted molar refractivity (Wildman–Crippen MR) is 68.6 cm³/mol. The Morgan fingerprint density at radius 1 is 1.58 bits per heavy atom. The smallest absolute Gasteiger partial charge is 0.285 e. The van der Waals surface area contributed by atoms with Crippen LogP contribution < -0.4 is 0 Å². The maximum absolute atomic E-state index is 11.2. The molecule has 0 aliphatic heterocycles. The van der Waals surface area contributed by atoms with Crippen LogP contribution in [0, 0.1) is 22.0 Å². The minimum atomic E-state index is -0.579. The summed E-state index contributed by atoms with van der Waals surface area (Å²) in [6.45, 7) is 1.55. The number of carbonyl (C=O) groups is 1. The first-order valence-corrected chi connectivity index (χ1v) is 5.35. The maximum Gasteiger partial charge on any atom is 0.285 e. The van der Waals surface area contributed by atoms with Gasteiger partial charge in [-0.3, -0.25) is 14.9 Å². The number of azide groups is 1. The third-order valence-corrected chi connectivity index (χ3v) is 2.22. The molecular weight excluding hydrogens is 248 g/mol. The van der Waals surface area contributed by atoms with E-state index in [9.17, 15) is 14.9 Å². The van der Waals surface area contributed by atoms with E-state index in [0.717, 1.165) is 0 Å². The number of carbonyl (C=O) groups excluding carboxylic acids is 1. The molecule has 0 saturated heterocycles. The van der Waals surface area contributed by atoms with Gasteiger partial charge < -0.3 is 0 Å². The molecule has 96 valence electrons. The largest absolute Gasteiger partial charge is 0.295 e. The first kappa shape index (κ1) is 14.2. The highest BCUT2D eigenvalue weighted by Crippen LogP contribution is 2.19. The van der Waals surface area contributed by atoms with Gasteiger partial charge in [0.05, 0.1) is 4.92 Å². The van der Waals surface area contributed by atoms with Crippen molar-refractivity contribution >= 4 is 11.5 Å². The van der Waals surface area contributed by atoms with Gasteiger partial charge in [0.15, 0.2) is 5.78 Å². The summed E-state index contributed by atoms with van der Waals surface area (Å²) in [5, 5.41) is 14.2. The van der Waals surface area contributed by atoms with E-state index in [1.54, 1.807) is 0 Å². The summed E-state index contributed by atoms with van der Waals surface area (Å²) in [5.41, 5.74) is 8.37. The number of nitro groups is 1. The molecule has 1 aromatic rings. The molecule has 0 amide bonds. The molecule has 1 aromatic carbocycles. The predicted octanol–water partition coefficient (Wildman–Crippen LogP) is 2.85. The second-order valence-corrected chi connectivity index (χ2v) is 3.55. The number of nitrogens with zero attached hydrogens (tertiary/aromatic N) is 4. The Labute approximate surface area is 109 Å². The number of hydrogen-bond donors (Lipinski definition) is 0. The van der Waals surface area contributed by atoms with Crippen molar-refractivity contribution in [3.8, 4) is 11.8 Å². The van der Waals surface area contributed by atoms with Gasteiger partial charge in [-0.2, -0.15) is 0 Å². The molecule has 0 aliphatic rings. The van der Waals surface area contributed by atoms with Crippen LogP contribution in [0.25, 0.3) is 10.4 Å². The minimum absolute atomic E-state index is 0.205. The van der Waals surface area contributed by atoms with Gasteiger partial charge in [0.2, 0.25) is 0 Å². The minimum Gasteiger partial charge on any atom is -0.295 e. The molecule has 0 aliphatic carbocycles. The fourth-order valence-corrected chi connectivity index (χ4v) is 1.32. The van der Waals surface area contributed by atoms with Crippen molar-refractivity contribution in [1.29, 1.82) is 0 Å². The van der Waals surface area contributed by atoms with Gasteiger partial charge in [-0.05, 0) is 24.6 Å². The number of nitro benzene ring substituents is 1. The van der Waals surface area contributed by atoms with E-state index in [1.807, 2.05) is 0 Å². The van der Waals surface area contributed by atoms with Crippen LogP contribution in [0.2, 0.25) is 0 Å². The highest BCUT2D eigenvalue weighted by atomic mass is 16.6. The Balaban J connectivity index is 3.03. The molecule has 0 radical (unpaired) electrons. The molecule has 0 aromatic heterocycles. The van der Waals surface area contributed by atoms with Crippen molar-refractivity contribution in [2.75, 3.05) is 6.54 Å². The summed E-state index contributed by atoms with van der Waals surface area (Å²) in [5.74, 6) is 5.07. The first-order chi connectivity index (χ1) is 9.06. The zero-order chi connectivity index (χ0) is 14.3. The zero-order valence-corrected chi connectivity index (χ0v) is 10.2. The van der Waals surface area contributed by atoms with Crippen molar-refractivity contribution in [3.05, 3.63) is 49.9 Å². The summed E-state index contributed by atoms with van der Waals surface area (Å²) in [6.07, 6.45) is 0.315. The van der Waals surface area contributed by atoms with Crippen LogP contribution in [-0.2, 0) is 0 Å². The Bertz CT molecular complexity index is 622. The summed E-state index contributed by atoms with van der Waals surface area (Å²) in [6, 6.07) is 4.14. The second-order valence-electron chi connectivity index (χ2n) is 3.55. The molecule has 1 rings (SSSR count). The fourth-order valence-electron chi connectivity index (χ4n) is 1.32. The Morgan fingerprint density at radius 2 is 2.32 bits per heavy atom. The highest BCUT2D eigenvalue weighted by molar-refractivity contribution is 5.95. The summed E-state index contributed by atoms with van der Waals surface area (Å²) >= 11 is 0. The summed E-state index contributed by atoms with van der Waals surface area (Å²) in [4.78, 5) is 24.0. The quantitative estimate of drug-likeness (QED) is 0.121. The number of Topliss-reactive ketones (excluding diaryl/α,β-unsaturated/α-hetero) is 1. The topological polar surface area (TPSA) is 109 Å². The van der Waals surface area contributed by atoms with Crippen LogP contribution >= 0.6 is 0 Å². The van der Waals surface area contributed by atoms with E-state index in [2.05, 4.69) is 21.9 Å². The molecule has 0 bridgehead atoms. The average molecular weight is 258 g/mol. The molecule has 0 fully saturated rings. The lowest BCUT2D eigenvalue weighted by molar-refractivity contribution is -0.385. The number of rotatable bonds is 4. The van der Waals surface area contributed by atoms with Crippen LogP contribution in [-0.4, -0.2) is 17.3 Å².